The molecule has 2 aromatic heterocycles. The number of likely N-dealkylation sites (N-methyl/N-ethyl adjacent to an activating group) is 1. The number of rotatable bonds is 4. The van der Waals surface area contributed by atoms with Crippen LogP contribution in [-0.2, 0) is 6.42 Å². The lowest BCUT2D eigenvalue weighted by Gasteiger charge is -2.04. The van der Waals surface area contributed by atoms with Gasteiger partial charge >= 0.3 is 0 Å². The van der Waals surface area contributed by atoms with Crippen molar-refractivity contribution in [3.8, 4) is 11.5 Å². The molecule has 0 amide bonds. The summed E-state index contributed by atoms with van der Waals surface area (Å²) in [6, 6.07) is 0.356. The minimum atomic E-state index is 0. The van der Waals surface area contributed by atoms with Gasteiger partial charge in [0.2, 0.25) is 0 Å². The van der Waals surface area contributed by atoms with Crippen LogP contribution in [0.15, 0.2) is 15.3 Å². The molecule has 0 bridgehead atoms. The van der Waals surface area contributed by atoms with Gasteiger partial charge in [-0.15, -0.1) is 12.4 Å². The Morgan fingerprint density at radius 2 is 2.24 bits per heavy atom. The number of nitrogens with one attached hydrogen (secondary N) is 1. The lowest BCUT2D eigenvalue weighted by atomic mass is 10.2. The van der Waals surface area contributed by atoms with Gasteiger partial charge in [-0.1, -0.05) is 5.16 Å². The zero-order chi connectivity index (χ0) is 11.5. The normalized spacial score (nSPS) is 12.2. The molecule has 0 fully saturated rings. The van der Waals surface area contributed by atoms with E-state index in [0.717, 1.165) is 17.8 Å². The molecule has 0 aliphatic carbocycles. The Labute approximate surface area is 111 Å². The zero-order valence-corrected chi connectivity index (χ0v) is 11.7. The van der Waals surface area contributed by atoms with Gasteiger partial charge in [0, 0.05) is 17.8 Å². The molecule has 0 aliphatic heterocycles. The van der Waals surface area contributed by atoms with Gasteiger partial charge in [0.1, 0.15) is 0 Å². The lowest BCUT2D eigenvalue weighted by molar-refractivity contribution is 0.418. The highest BCUT2D eigenvalue weighted by molar-refractivity contribution is 7.08. The average Bonchev–Trinajstić information content (AvgIpc) is 2.86. The maximum absolute atomic E-state index is 5.25. The summed E-state index contributed by atoms with van der Waals surface area (Å²) >= 11 is 1.65. The predicted octanol–water partition coefficient (Wildman–Crippen LogP) is 2.68. The number of halogens is 1. The highest BCUT2D eigenvalue weighted by atomic mass is 35.5. The lowest BCUT2D eigenvalue weighted by Crippen LogP contribution is -2.24. The predicted molar refractivity (Wildman–Crippen MR) is 71.8 cm³/mol. The smallest absolute Gasteiger partial charge is 0.259 e. The topological polar surface area (TPSA) is 51.0 Å². The van der Waals surface area contributed by atoms with Crippen LogP contribution in [0.5, 0.6) is 0 Å². The van der Waals surface area contributed by atoms with Crippen molar-refractivity contribution in [2.45, 2.75) is 26.3 Å². The summed E-state index contributed by atoms with van der Waals surface area (Å²) in [6.45, 7) is 4.14. The number of nitrogens with zero attached hydrogens (tertiary/aromatic N) is 2. The van der Waals surface area contributed by atoms with E-state index in [0.29, 0.717) is 11.9 Å². The molecular formula is C11H16ClN3OS. The van der Waals surface area contributed by atoms with Gasteiger partial charge in [0.15, 0.2) is 5.82 Å². The van der Waals surface area contributed by atoms with Crippen LogP contribution in [0.4, 0.5) is 0 Å². The summed E-state index contributed by atoms with van der Waals surface area (Å²) in [4.78, 5) is 4.39. The average molecular weight is 274 g/mol. The molecular weight excluding hydrogens is 258 g/mol. The van der Waals surface area contributed by atoms with Crippen molar-refractivity contribution in [3.05, 3.63) is 22.1 Å². The van der Waals surface area contributed by atoms with Gasteiger partial charge < -0.3 is 9.84 Å². The van der Waals surface area contributed by atoms with Gasteiger partial charge in [-0.25, -0.2) is 0 Å². The molecule has 2 rings (SSSR count). The summed E-state index contributed by atoms with van der Waals surface area (Å²) < 4.78 is 5.25. The fourth-order valence-corrected chi connectivity index (χ4v) is 2.22. The number of aromatic nitrogens is 2. The van der Waals surface area contributed by atoms with E-state index < -0.39 is 0 Å². The van der Waals surface area contributed by atoms with E-state index in [2.05, 4.69) is 27.8 Å². The van der Waals surface area contributed by atoms with Crippen molar-refractivity contribution in [1.82, 2.24) is 15.5 Å². The van der Waals surface area contributed by atoms with E-state index in [1.54, 1.807) is 11.3 Å². The molecule has 0 saturated heterocycles. The molecule has 1 atom stereocenters. The first-order valence-electron chi connectivity index (χ1n) is 5.23. The Hall–Kier alpha value is -0.910. The molecule has 94 valence electrons. The molecule has 0 radical (unpaired) electrons. The van der Waals surface area contributed by atoms with Crippen LogP contribution in [0.1, 0.15) is 18.3 Å². The maximum atomic E-state index is 5.25. The second kappa shape index (κ2) is 6.14. The van der Waals surface area contributed by atoms with Crippen LogP contribution in [-0.4, -0.2) is 23.2 Å². The molecule has 0 spiro atoms. The third kappa shape index (κ3) is 3.28. The van der Waals surface area contributed by atoms with E-state index in [4.69, 9.17) is 4.52 Å². The van der Waals surface area contributed by atoms with Crippen LogP contribution in [0, 0.1) is 6.92 Å². The third-order valence-corrected chi connectivity index (χ3v) is 3.40. The monoisotopic (exact) mass is 273 g/mol. The van der Waals surface area contributed by atoms with Crippen molar-refractivity contribution in [1.29, 1.82) is 0 Å². The van der Waals surface area contributed by atoms with Crippen molar-refractivity contribution in [3.63, 3.8) is 0 Å². The molecule has 0 saturated carbocycles. The highest BCUT2D eigenvalue weighted by Gasteiger charge is 2.13. The Morgan fingerprint density at radius 3 is 2.82 bits per heavy atom. The van der Waals surface area contributed by atoms with Crippen molar-refractivity contribution < 1.29 is 4.52 Å². The van der Waals surface area contributed by atoms with Gasteiger partial charge in [0.25, 0.3) is 5.89 Å². The largest absolute Gasteiger partial charge is 0.334 e. The summed E-state index contributed by atoms with van der Waals surface area (Å²) in [6.07, 6.45) is 0.781. The van der Waals surface area contributed by atoms with Crippen molar-refractivity contribution in [2.24, 2.45) is 0 Å². The Balaban J connectivity index is 0.00000144. The van der Waals surface area contributed by atoms with Crippen LogP contribution >= 0.6 is 23.7 Å². The van der Waals surface area contributed by atoms with Crippen LogP contribution in [0.25, 0.3) is 11.5 Å². The van der Waals surface area contributed by atoms with Gasteiger partial charge in [-0.3, -0.25) is 0 Å². The molecule has 6 heteroatoms. The fourth-order valence-electron chi connectivity index (χ4n) is 1.40. The number of hydrogen-bond acceptors (Lipinski definition) is 5. The molecule has 1 N–H and O–H groups in total. The second-order valence-electron chi connectivity index (χ2n) is 3.88. The zero-order valence-electron chi connectivity index (χ0n) is 10.1. The fraction of sp³-hybridized carbons (Fsp3) is 0.455. The molecule has 0 aromatic carbocycles. The molecule has 0 aliphatic rings. The van der Waals surface area contributed by atoms with Crippen LogP contribution in [0.3, 0.4) is 0 Å². The van der Waals surface area contributed by atoms with E-state index >= 15 is 0 Å². The molecule has 2 heterocycles. The number of aryl methyl sites for hydroxylation is 1. The number of thiophene rings is 1. The van der Waals surface area contributed by atoms with E-state index in [1.165, 1.54) is 5.56 Å². The van der Waals surface area contributed by atoms with Crippen LogP contribution < -0.4 is 5.32 Å². The second-order valence-corrected chi connectivity index (χ2v) is 4.62. The van der Waals surface area contributed by atoms with E-state index in [-0.39, 0.29) is 12.4 Å². The highest BCUT2D eigenvalue weighted by Crippen LogP contribution is 2.25. The molecule has 4 nitrogen and oxygen atoms in total. The minimum absolute atomic E-state index is 0. The maximum Gasteiger partial charge on any atom is 0.259 e. The summed E-state index contributed by atoms with van der Waals surface area (Å²) in [5.74, 6) is 1.37. The summed E-state index contributed by atoms with van der Waals surface area (Å²) in [5, 5.41) is 11.2. The van der Waals surface area contributed by atoms with Crippen molar-refractivity contribution >= 4 is 23.7 Å². The minimum Gasteiger partial charge on any atom is -0.334 e. The van der Waals surface area contributed by atoms with E-state index in [1.807, 2.05) is 19.4 Å². The molecule has 2 aromatic rings. The van der Waals surface area contributed by atoms with Crippen LogP contribution in [0.2, 0.25) is 0 Å². The quantitative estimate of drug-likeness (QED) is 0.931. The SMILES string of the molecule is CNC(C)Cc1noc(-c2cscc2C)n1.Cl. The van der Waals surface area contributed by atoms with Gasteiger partial charge in [-0.2, -0.15) is 16.3 Å². The standard InChI is InChI=1S/C11H15N3OS.ClH/c1-7-5-16-6-9(7)11-13-10(14-15-11)4-8(2)12-3;/h5-6,8,12H,4H2,1-3H3;1H. The number of hydrogen-bond donors (Lipinski definition) is 1. The Morgan fingerprint density at radius 1 is 1.47 bits per heavy atom. The first-order valence-corrected chi connectivity index (χ1v) is 6.18. The molecule has 1 unspecified atom stereocenters. The third-order valence-electron chi connectivity index (χ3n) is 2.54. The summed E-state index contributed by atoms with van der Waals surface area (Å²) in [7, 11) is 1.93. The van der Waals surface area contributed by atoms with E-state index in [9.17, 15) is 0 Å². The van der Waals surface area contributed by atoms with Crippen molar-refractivity contribution in [2.75, 3.05) is 7.05 Å². The first-order chi connectivity index (χ1) is 7.70. The van der Waals surface area contributed by atoms with Gasteiger partial charge in [0.05, 0.1) is 5.56 Å². The Kier molecular flexibility index (Phi) is 5.11. The summed E-state index contributed by atoms with van der Waals surface area (Å²) in [5.41, 5.74) is 2.22. The Bertz CT molecular complexity index is 469. The molecule has 17 heavy (non-hydrogen) atoms. The van der Waals surface area contributed by atoms with Gasteiger partial charge in [-0.05, 0) is 31.8 Å². The first kappa shape index (κ1) is 14.2.